The number of nitrogens with zero attached hydrogens (tertiary/aromatic N) is 3. The number of amides is 1. The molecule has 1 heterocycles. The summed E-state index contributed by atoms with van der Waals surface area (Å²) >= 11 is 6.06. The maximum absolute atomic E-state index is 12.0. The SMILES string of the molecule is O=C(COCc1ccccc1Cl)NCc1ccccc1Cn1cncn1. The summed E-state index contributed by atoms with van der Waals surface area (Å²) in [5, 5.41) is 7.62. The highest BCUT2D eigenvalue weighted by atomic mass is 35.5. The number of rotatable bonds is 8. The second-order valence-corrected chi connectivity index (χ2v) is 6.13. The Morgan fingerprint density at radius 3 is 2.54 bits per heavy atom. The first-order valence-corrected chi connectivity index (χ1v) is 8.57. The van der Waals surface area contributed by atoms with Crippen LogP contribution in [0.2, 0.25) is 5.02 Å². The number of hydrogen-bond donors (Lipinski definition) is 1. The molecule has 0 aliphatic rings. The molecular formula is C19H19ClN4O2. The van der Waals surface area contributed by atoms with Gasteiger partial charge in [-0.1, -0.05) is 54.1 Å². The Morgan fingerprint density at radius 2 is 1.81 bits per heavy atom. The van der Waals surface area contributed by atoms with Crippen LogP contribution in [0.5, 0.6) is 0 Å². The van der Waals surface area contributed by atoms with Crippen molar-refractivity contribution in [2.24, 2.45) is 0 Å². The molecule has 0 radical (unpaired) electrons. The van der Waals surface area contributed by atoms with Gasteiger partial charge in [0.2, 0.25) is 5.91 Å². The molecule has 3 aromatic rings. The zero-order chi connectivity index (χ0) is 18.2. The van der Waals surface area contributed by atoms with Gasteiger partial charge in [-0.2, -0.15) is 5.10 Å². The maximum atomic E-state index is 12.0. The topological polar surface area (TPSA) is 69.0 Å². The lowest BCUT2D eigenvalue weighted by Gasteiger charge is -2.11. The van der Waals surface area contributed by atoms with Gasteiger partial charge in [-0.05, 0) is 22.8 Å². The van der Waals surface area contributed by atoms with Crippen molar-refractivity contribution in [3.63, 3.8) is 0 Å². The Balaban J connectivity index is 1.48. The van der Waals surface area contributed by atoms with Gasteiger partial charge < -0.3 is 10.1 Å². The van der Waals surface area contributed by atoms with Crippen molar-refractivity contribution >= 4 is 17.5 Å². The predicted octanol–water partition coefficient (Wildman–Crippen LogP) is 2.81. The van der Waals surface area contributed by atoms with E-state index < -0.39 is 0 Å². The van der Waals surface area contributed by atoms with Crippen molar-refractivity contribution in [2.75, 3.05) is 6.61 Å². The van der Waals surface area contributed by atoms with Gasteiger partial charge in [-0.3, -0.25) is 4.79 Å². The fourth-order valence-electron chi connectivity index (χ4n) is 2.49. The van der Waals surface area contributed by atoms with Crippen LogP contribution in [-0.4, -0.2) is 27.3 Å². The highest BCUT2D eigenvalue weighted by molar-refractivity contribution is 6.31. The Morgan fingerprint density at radius 1 is 1.08 bits per heavy atom. The van der Waals surface area contributed by atoms with Crippen molar-refractivity contribution in [1.82, 2.24) is 20.1 Å². The zero-order valence-electron chi connectivity index (χ0n) is 14.1. The van der Waals surface area contributed by atoms with E-state index in [4.69, 9.17) is 16.3 Å². The van der Waals surface area contributed by atoms with Crippen LogP contribution in [0.3, 0.4) is 0 Å². The molecule has 0 unspecified atom stereocenters. The van der Waals surface area contributed by atoms with Gasteiger partial charge in [0.05, 0.1) is 13.2 Å². The molecule has 26 heavy (non-hydrogen) atoms. The summed E-state index contributed by atoms with van der Waals surface area (Å²) in [5.74, 6) is -0.174. The number of carbonyl (C=O) groups is 1. The quantitative estimate of drug-likeness (QED) is 0.662. The van der Waals surface area contributed by atoms with Crippen molar-refractivity contribution < 1.29 is 9.53 Å². The van der Waals surface area contributed by atoms with Crippen molar-refractivity contribution in [3.05, 3.63) is 82.9 Å². The number of carbonyl (C=O) groups excluding carboxylic acids is 1. The van der Waals surface area contributed by atoms with Crippen LogP contribution in [0.1, 0.15) is 16.7 Å². The summed E-state index contributed by atoms with van der Waals surface area (Å²) in [6, 6.07) is 15.3. The van der Waals surface area contributed by atoms with Crippen LogP contribution >= 0.6 is 11.6 Å². The largest absolute Gasteiger partial charge is 0.367 e. The number of hydrogen-bond acceptors (Lipinski definition) is 4. The maximum Gasteiger partial charge on any atom is 0.246 e. The molecule has 1 amide bonds. The predicted molar refractivity (Wildman–Crippen MR) is 98.5 cm³/mol. The van der Waals surface area contributed by atoms with Crippen molar-refractivity contribution in [2.45, 2.75) is 19.7 Å². The molecule has 0 spiro atoms. The highest BCUT2D eigenvalue weighted by Gasteiger charge is 2.07. The lowest BCUT2D eigenvalue weighted by atomic mass is 10.1. The average Bonchev–Trinajstić information content (AvgIpc) is 3.16. The van der Waals surface area contributed by atoms with E-state index in [1.807, 2.05) is 42.5 Å². The lowest BCUT2D eigenvalue weighted by molar-refractivity contribution is -0.126. The normalized spacial score (nSPS) is 10.7. The molecule has 0 saturated carbocycles. The molecule has 1 aromatic heterocycles. The second-order valence-electron chi connectivity index (χ2n) is 5.72. The first-order chi connectivity index (χ1) is 12.7. The van der Waals surface area contributed by atoms with E-state index in [1.165, 1.54) is 6.33 Å². The van der Waals surface area contributed by atoms with E-state index in [-0.39, 0.29) is 12.5 Å². The minimum absolute atomic E-state index is 0.0174. The van der Waals surface area contributed by atoms with Crippen LogP contribution < -0.4 is 5.32 Å². The summed E-state index contributed by atoms with van der Waals surface area (Å²) in [6.07, 6.45) is 3.17. The molecule has 0 saturated heterocycles. The molecular weight excluding hydrogens is 352 g/mol. The van der Waals surface area contributed by atoms with Crippen LogP contribution in [0.25, 0.3) is 0 Å². The van der Waals surface area contributed by atoms with Gasteiger partial charge >= 0.3 is 0 Å². The van der Waals surface area contributed by atoms with Crippen LogP contribution in [-0.2, 0) is 29.2 Å². The van der Waals surface area contributed by atoms with Gasteiger partial charge in [0, 0.05) is 11.6 Å². The molecule has 0 fully saturated rings. The third-order valence-electron chi connectivity index (χ3n) is 3.84. The van der Waals surface area contributed by atoms with E-state index in [9.17, 15) is 4.79 Å². The minimum atomic E-state index is -0.174. The average molecular weight is 371 g/mol. The standard InChI is InChI=1S/C19H19ClN4O2/c20-18-8-4-3-7-17(18)11-26-12-19(25)22-9-15-5-1-2-6-16(15)10-24-14-21-13-23-24/h1-8,13-14H,9-12H2,(H,22,25). The Hall–Kier alpha value is -2.70. The minimum Gasteiger partial charge on any atom is -0.367 e. The molecule has 6 nitrogen and oxygen atoms in total. The van der Waals surface area contributed by atoms with Gasteiger partial charge in [-0.25, -0.2) is 9.67 Å². The Bertz CT molecular complexity index is 852. The Kier molecular flexibility index (Phi) is 6.35. The van der Waals surface area contributed by atoms with E-state index >= 15 is 0 Å². The second kappa shape index (κ2) is 9.12. The van der Waals surface area contributed by atoms with Crippen molar-refractivity contribution in [1.29, 1.82) is 0 Å². The molecule has 0 atom stereocenters. The highest BCUT2D eigenvalue weighted by Crippen LogP contribution is 2.15. The van der Waals surface area contributed by atoms with E-state index in [0.717, 1.165) is 16.7 Å². The summed E-state index contributed by atoms with van der Waals surface area (Å²) in [6.45, 7) is 1.32. The van der Waals surface area contributed by atoms with E-state index in [1.54, 1.807) is 17.1 Å². The lowest BCUT2D eigenvalue weighted by Crippen LogP contribution is -2.27. The zero-order valence-corrected chi connectivity index (χ0v) is 14.9. The molecule has 3 rings (SSSR count). The first kappa shape index (κ1) is 18.1. The van der Waals surface area contributed by atoms with Gasteiger partial charge in [0.1, 0.15) is 19.3 Å². The number of ether oxygens (including phenoxy) is 1. The van der Waals surface area contributed by atoms with Gasteiger partial charge in [0.15, 0.2) is 0 Å². The molecule has 2 aromatic carbocycles. The fraction of sp³-hybridized carbons (Fsp3) is 0.211. The number of nitrogens with one attached hydrogen (secondary N) is 1. The summed E-state index contributed by atoms with van der Waals surface area (Å²) in [7, 11) is 0. The van der Waals surface area contributed by atoms with Crippen molar-refractivity contribution in [3.8, 4) is 0 Å². The summed E-state index contributed by atoms with van der Waals surface area (Å²) in [5.41, 5.74) is 2.97. The molecule has 134 valence electrons. The Labute approximate surface area is 156 Å². The van der Waals surface area contributed by atoms with Crippen LogP contribution in [0.4, 0.5) is 0 Å². The fourth-order valence-corrected chi connectivity index (χ4v) is 2.68. The van der Waals surface area contributed by atoms with Gasteiger partial charge in [-0.15, -0.1) is 0 Å². The number of halogens is 1. The molecule has 0 aliphatic carbocycles. The molecule has 7 heteroatoms. The third-order valence-corrected chi connectivity index (χ3v) is 4.21. The van der Waals surface area contributed by atoms with Gasteiger partial charge in [0.25, 0.3) is 0 Å². The van der Waals surface area contributed by atoms with E-state index in [0.29, 0.717) is 24.7 Å². The van der Waals surface area contributed by atoms with Crippen LogP contribution in [0, 0.1) is 0 Å². The molecule has 1 N–H and O–H groups in total. The first-order valence-electron chi connectivity index (χ1n) is 8.19. The smallest absolute Gasteiger partial charge is 0.246 e. The molecule has 0 bridgehead atoms. The summed E-state index contributed by atoms with van der Waals surface area (Å²) < 4.78 is 7.19. The third kappa shape index (κ3) is 5.15. The monoisotopic (exact) mass is 370 g/mol. The van der Waals surface area contributed by atoms with Crippen LogP contribution in [0.15, 0.2) is 61.2 Å². The number of aromatic nitrogens is 3. The molecule has 0 aliphatic heterocycles. The summed E-state index contributed by atoms with van der Waals surface area (Å²) in [4.78, 5) is 16.0. The number of benzene rings is 2. The van der Waals surface area contributed by atoms with E-state index in [2.05, 4.69) is 15.4 Å².